The van der Waals surface area contributed by atoms with Crippen molar-refractivity contribution in [3.63, 3.8) is 0 Å². The average Bonchev–Trinajstić information content (AvgIpc) is 2.38. The molecule has 104 valence electrons. The van der Waals surface area contributed by atoms with E-state index in [1.165, 1.54) is 12.5 Å². The molecule has 2 nitrogen and oxygen atoms in total. The van der Waals surface area contributed by atoms with Crippen molar-refractivity contribution in [2.24, 2.45) is 0 Å². The molecule has 1 fully saturated rings. The highest BCUT2D eigenvalue weighted by molar-refractivity contribution is 7.99. The average molecular weight is 281 g/mol. The lowest BCUT2D eigenvalue weighted by molar-refractivity contribution is 0.0924. The summed E-state index contributed by atoms with van der Waals surface area (Å²) in [5.41, 5.74) is 0.978. The molecular formula is C15H20FNOS. The summed E-state index contributed by atoms with van der Waals surface area (Å²) in [6.45, 7) is 1.81. The van der Waals surface area contributed by atoms with Gasteiger partial charge >= 0.3 is 0 Å². The summed E-state index contributed by atoms with van der Waals surface area (Å²) in [6.07, 6.45) is 6.43. The molecule has 1 aromatic carbocycles. The lowest BCUT2D eigenvalue weighted by Gasteiger charge is -2.28. The topological polar surface area (TPSA) is 29.1 Å². The second kappa shape index (κ2) is 6.42. The number of rotatable bonds is 3. The van der Waals surface area contributed by atoms with Gasteiger partial charge < -0.3 is 5.32 Å². The molecule has 0 radical (unpaired) electrons. The Balaban J connectivity index is 2.00. The van der Waals surface area contributed by atoms with Crippen molar-refractivity contribution in [3.05, 3.63) is 35.1 Å². The summed E-state index contributed by atoms with van der Waals surface area (Å²) < 4.78 is 13.7. The predicted octanol–water partition coefficient (Wildman–Crippen LogP) is 3.54. The van der Waals surface area contributed by atoms with E-state index in [-0.39, 0.29) is 17.5 Å². The van der Waals surface area contributed by atoms with Crippen molar-refractivity contribution >= 4 is 17.7 Å². The Morgan fingerprint density at radius 3 is 2.89 bits per heavy atom. The number of thioether (sulfide) groups is 1. The number of carbonyl (C=O) groups is 1. The quantitative estimate of drug-likeness (QED) is 0.918. The molecule has 4 heteroatoms. The van der Waals surface area contributed by atoms with E-state index in [0.29, 0.717) is 5.25 Å². The standard InChI is InChI=1S/C15H20FNOS/c1-10-6-7-13(14(16)8-10)15(18)17-11-4-3-5-12(9-11)19-2/h6-8,11-12H,3-5,9H2,1-2H3,(H,17,18). The summed E-state index contributed by atoms with van der Waals surface area (Å²) in [7, 11) is 0. The van der Waals surface area contributed by atoms with Gasteiger partial charge in [0.1, 0.15) is 5.82 Å². The molecule has 1 aliphatic rings. The number of hydrogen-bond acceptors (Lipinski definition) is 2. The third kappa shape index (κ3) is 3.72. The van der Waals surface area contributed by atoms with Crippen molar-refractivity contribution in [1.29, 1.82) is 0 Å². The van der Waals surface area contributed by atoms with E-state index in [1.54, 1.807) is 12.1 Å². The smallest absolute Gasteiger partial charge is 0.254 e. The fourth-order valence-electron chi connectivity index (χ4n) is 2.56. The monoisotopic (exact) mass is 281 g/mol. The van der Waals surface area contributed by atoms with E-state index in [4.69, 9.17) is 0 Å². The zero-order valence-electron chi connectivity index (χ0n) is 11.4. The molecular weight excluding hydrogens is 261 g/mol. The second-order valence-corrected chi connectivity index (χ2v) is 6.32. The van der Waals surface area contributed by atoms with Gasteiger partial charge in [-0.2, -0.15) is 11.8 Å². The van der Waals surface area contributed by atoms with Gasteiger partial charge in [0, 0.05) is 11.3 Å². The van der Waals surface area contributed by atoms with Crippen molar-refractivity contribution in [2.75, 3.05) is 6.26 Å². The molecule has 2 rings (SSSR count). The summed E-state index contributed by atoms with van der Waals surface area (Å²) in [6, 6.07) is 4.92. The van der Waals surface area contributed by atoms with Crippen LogP contribution in [0.5, 0.6) is 0 Å². The van der Waals surface area contributed by atoms with Crippen molar-refractivity contribution < 1.29 is 9.18 Å². The Bertz CT molecular complexity index is 463. The van der Waals surface area contributed by atoms with Crippen molar-refractivity contribution in [1.82, 2.24) is 5.32 Å². The molecule has 1 aliphatic carbocycles. The maximum atomic E-state index is 13.7. The lowest BCUT2D eigenvalue weighted by atomic mass is 9.94. The predicted molar refractivity (Wildman–Crippen MR) is 78.2 cm³/mol. The van der Waals surface area contributed by atoms with Crippen LogP contribution in [0.15, 0.2) is 18.2 Å². The van der Waals surface area contributed by atoms with Crippen molar-refractivity contribution in [2.45, 2.75) is 43.9 Å². The van der Waals surface area contributed by atoms with E-state index in [0.717, 1.165) is 24.8 Å². The van der Waals surface area contributed by atoms with Crippen molar-refractivity contribution in [3.8, 4) is 0 Å². The largest absolute Gasteiger partial charge is 0.349 e. The third-order valence-corrected chi connectivity index (χ3v) is 4.76. The Labute approximate surface area is 118 Å². The Morgan fingerprint density at radius 1 is 1.42 bits per heavy atom. The van der Waals surface area contributed by atoms with Gasteiger partial charge in [-0.25, -0.2) is 4.39 Å². The van der Waals surface area contributed by atoms with Gasteiger partial charge in [-0.05, 0) is 50.1 Å². The highest BCUT2D eigenvalue weighted by Crippen LogP contribution is 2.27. The molecule has 1 aromatic rings. The highest BCUT2D eigenvalue weighted by atomic mass is 32.2. The minimum atomic E-state index is -0.435. The van der Waals surface area contributed by atoms with Gasteiger partial charge in [0.05, 0.1) is 5.56 Å². The Hall–Kier alpha value is -1.03. The summed E-state index contributed by atoms with van der Waals surface area (Å²) in [5.74, 6) is -0.723. The molecule has 0 spiro atoms. The van der Waals surface area contributed by atoms with Crippen LogP contribution >= 0.6 is 11.8 Å². The molecule has 0 aromatic heterocycles. The van der Waals surface area contributed by atoms with Gasteiger partial charge in [-0.3, -0.25) is 4.79 Å². The zero-order chi connectivity index (χ0) is 13.8. The molecule has 2 unspecified atom stereocenters. The molecule has 1 amide bonds. The van der Waals surface area contributed by atoms with E-state index in [9.17, 15) is 9.18 Å². The molecule has 1 N–H and O–H groups in total. The Kier molecular flexibility index (Phi) is 4.86. The summed E-state index contributed by atoms with van der Waals surface area (Å²) >= 11 is 1.85. The van der Waals surface area contributed by atoms with Gasteiger partial charge in [-0.1, -0.05) is 12.5 Å². The summed E-state index contributed by atoms with van der Waals surface area (Å²) in [4.78, 5) is 12.1. The lowest BCUT2D eigenvalue weighted by Crippen LogP contribution is -2.39. The second-order valence-electron chi connectivity index (χ2n) is 5.18. The third-order valence-electron chi connectivity index (χ3n) is 3.66. The van der Waals surface area contributed by atoms with E-state index < -0.39 is 5.82 Å². The van der Waals surface area contributed by atoms with E-state index in [1.807, 2.05) is 18.7 Å². The molecule has 0 aliphatic heterocycles. The van der Waals surface area contributed by atoms with Gasteiger partial charge in [0.25, 0.3) is 5.91 Å². The zero-order valence-corrected chi connectivity index (χ0v) is 12.2. The van der Waals surface area contributed by atoms with Crippen LogP contribution in [0.3, 0.4) is 0 Å². The Morgan fingerprint density at radius 2 is 2.21 bits per heavy atom. The normalized spacial score (nSPS) is 23.1. The van der Waals surface area contributed by atoms with Crippen LogP contribution in [0, 0.1) is 12.7 Å². The number of hydrogen-bond donors (Lipinski definition) is 1. The minimum Gasteiger partial charge on any atom is -0.349 e. The molecule has 2 atom stereocenters. The molecule has 19 heavy (non-hydrogen) atoms. The molecule has 0 bridgehead atoms. The highest BCUT2D eigenvalue weighted by Gasteiger charge is 2.23. The number of amides is 1. The first-order valence-corrected chi connectivity index (χ1v) is 7.98. The maximum Gasteiger partial charge on any atom is 0.254 e. The van der Waals surface area contributed by atoms with Gasteiger partial charge in [0.15, 0.2) is 0 Å². The van der Waals surface area contributed by atoms with E-state index >= 15 is 0 Å². The SMILES string of the molecule is CSC1CCCC(NC(=O)c2ccc(C)cc2F)C1. The van der Waals surface area contributed by atoms with Gasteiger partial charge in [0.2, 0.25) is 0 Å². The number of aryl methyl sites for hydroxylation is 1. The van der Waals surface area contributed by atoms with Gasteiger partial charge in [-0.15, -0.1) is 0 Å². The van der Waals surface area contributed by atoms with Crippen LogP contribution in [0.25, 0.3) is 0 Å². The van der Waals surface area contributed by atoms with Crippen LogP contribution in [0.2, 0.25) is 0 Å². The molecule has 1 saturated carbocycles. The first-order chi connectivity index (χ1) is 9.10. The number of carbonyl (C=O) groups excluding carboxylic acids is 1. The first kappa shape index (κ1) is 14.4. The number of benzene rings is 1. The fourth-order valence-corrected chi connectivity index (χ4v) is 3.38. The summed E-state index contributed by atoms with van der Waals surface area (Å²) in [5, 5.41) is 3.58. The fraction of sp³-hybridized carbons (Fsp3) is 0.533. The van der Waals surface area contributed by atoms with E-state index in [2.05, 4.69) is 11.6 Å². The number of halogens is 1. The van der Waals surface area contributed by atoms with Crippen LogP contribution in [0.4, 0.5) is 4.39 Å². The minimum absolute atomic E-state index is 0.150. The van der Waals surface area contributed by atoms with Crippen LogP contribution in [-0.4, -0.2) is 23.5 Å². The first-order valence-electron chi connectivity index (χ1n) is 6.70. The molecule has 0 heterocycles. The van der Waals surface area contributed by atoms with Crippen LogP contribution in [0.1, 0.15) is 41.6 Å². The molecule has 0 saturated heterocycles. The number of nitrogens with one attached hydrogen (secondary N) is 1. The maximum absolute atomic E-state index is 13.7. The van der Waals surface area contributed by atoms with Crippen LogP contribution < -0.4 is 5.32 Å². The van der Waals surface area contributed by atoms with Crippen LogP contribution in [-0.2, 0) is 0 Å².